The van der Waals surface area contributed by atoms with Gasteiger partial charge in [0, 0.05) is 0 Å². The molecule has 0 radical (unpaired) electrons. The standard InChI is InChI=1S/C13H14O4/c14-12(11-7-4-8-11)17-13(15)16-9-10-5-2-1-3-6-10/h1-3,5-6,11H,4,7-9H2. The average Bonchev–Trinajstić information content (AvgIpc) is 2.25. The van der Waals surface area contributed by atoms with Gasteiger partial charge < -0.3 is 9.47 Å². The molecule has 0 saturated heterocycles. The molecule has 0 amide bonds. The quantitative estimate of drug-likeness (QED) is 0.596. The fraction of sp³-hybridized carbons (Fsp3) is 0.385. The van der Waals surface area contributed by atoms with Crippen LogP contribution in [0.4, 0.5) is 4.79 Å². The summed E-state index contributed by atoms with van der Waals surface area (Å²) in [6, 6.07) is 9.25. The Balaban J connectivity index is 1.72. The predicted octanol–water partition coefficient (Wildman–Crippen LogP) is 2.67. The van der Waals surface area contributed by atoms with Crippen molar-refractivity contribution in [1.29, 1.82) is 0 Å². The van der Waals surface area contributed by atoms with Crippen molar-refractivity contribution in [2.45, 2.75) is 25.9 Å². The van der Waals surface area contributed by atoms with Crippen LogP contribution >= 0.6 is 0 Å². The van der Waals surface area contributed by atoms with Gasteiger partial charge in [-0.3, -0.25) is 4.79 Å². The first-order chi connectivity index (χ1) is 8.25. The fourth-order valence-electron chi connectivity index (χ4n) is 1.56. The second-order valence-corrected chi connectivity index (χ2v) is 4.07. The van der Waals surface area contributed by atoms with Gasteiger partial charge in [0.2, 0.25) is 0 Å². The van der Waals surface area contributed by atoms with Crippen LogP contribution < -0.4 is 0 Å². The molecule has 4 heteroatoms. The molecule has 0 atom stereocenters. The Kier molecular flexibility index (Phi) is 3.75. The summed E-state index contributed by atoms with van der Waals surface area (Å²) in [4.78, 5) is 22.5. The Morgan fingerprint density at radius 2 is 1.88 bits per heavy atom. The van der Waals surface area contributed by atoms with Crippen molar-refractivity contribution in [3.8, 4) is 0 Å². The third kappa shape index (κ3) is 3.31. The van der Waals surface area contributed by atoms with E-state index in [0.29, 0.717) is 0 Å². The van der Waals surface area contributed by atoms with Gasteiger partial charge in [0.1, 0.15) is 6.61 Å². The maximum Gasteiger partial charge on any atom is 0.516 e. The molecule has 0 spiro atoms. The Labute approximate surface area is 99.5 Å². The van der Waals surface area contributed by atoms with Crippen LogP contribution in [-0.2, 0) is 20.9 Å². The first kappa shape index (κ1) is 11.6. The van der Waals surface area contributed by atoms with Gasteiger partial charge >= 0.3 is 12.1 Å². The molecule has 0 heterocycles. The van der Waals surface area contributed by atoms with Crippen LogP contribution in [0.15, 0.2) is 30.3 Å². The largest absolute Gasteiger partial charge is 0.516 e. The van der Waals surface area contributed by atoms with Crippen molar-refractivity contribution < 1.29 is 19.1 Å². The number of esters is 1. The monoisotopic (exact) mass is 234 g/mol. The molecule has 0 bridgehead atoms. The Morgan fingerprint density at radius 1 is 1.18 bits per heavy atom. The zero-order valence-electron chi connectivity index (χ0n) is 9.43. The number of ether oxygens (including phenoxy) is 2. The summed E-state index contributed by atoms with van der Waals surface area (Å²) in [5.74, 6) is -0.575. The number of benzene rings is 1. The van der Waals surface area contributed by atoms with E-state index in [-0.39, 0.29) is 12.5 Å². The lowest BCUT2D eigenvalue weighted by Gasteiger charge is -2.22. The minimum Gasteiger partial charge on any atom is -0.429 e. The van der Waals surface area contributed by atoms with Crippen molar-refractivity contribution in [2.75, 3.05) is 0 Å². The van der Waals surface area contributed by atoms with E-state index in [4.69, 9.17) is 4.74 Å². The summed E-state index contributed by atoms with van der Waals surface area (Å²) in [7, 11) is 0. The van der Waals surface area contributed by atoms with Crippen LogP contribution in [0.25, 0.3) is 0 Å². The summed E-state index contributed by atoms with van der Waals surface area (Å²) in [5, 5.41) is 0. The summed E-state index contributed by atoms with van der Waals surface area (Å²) < 4.78 is 9.41. The zero-order chi connectivity index (χ0) is 12.1. The van der Waals surface area contributed by atoms with Crippen molar-refractivity contribution in [1.82, 2.24) is 0 Å². The number of carbonyl (C=O) groups excluding carboxylic acids is 2. The van der Waals surface area contributed by atoms with E-state index in [2.05, 4.69) is 4.74 Å². The summed E-state index contributed by atoms with van der Waals surface area (Å²) >= 11 is 0. The topological polar surface area (TPSA) is 52.6 Å². The first-order valence-electron chi connectivity index (χ1n) is 5.68. The molecule has 0 aliphatic heterocycles. The van der Waals surface area contributed by atoms with Crippen LogP contribution in [0.3, 0.4) is 0 Å². The molecule has 1 fully saturated rings. The maximum absolute atomic E-state index is 11.3. The van der Waals surface area contributed by atoms with Crippen molar-refractivity contribution >= 4 is 12.1 Å². The molecule has 1 aliphatic carbocycles. The summed E-state index contributed by atoms with van der Waals surface area (Å²) in [6.45, 7) is 0.123. The highest BCUT2D eigenvalue weighted by molar-refractivity contribution is 5.83. The molecule has 1 aliphatic rings. The fourth-order valence-corrected chi connectivity index (χ4v) is 1.56. The van der Waals surface area contributed by atoms with E-state index in [0.717, 1.165) is 24.8 Å². The highest BCUT2D eigenvalue weighted by atomic mass is 16.7. The third-order valence-electron chi connectivity index (χ3n) is 2.82. The van der Waals surface area contributed by atoms with Crippen molar-refractivity contribution in [3.63, 3.8) is 0 Å². The second-order valence-electron chi connectivity index (χ2n) is 4.07. The molecule has 17 heavy (non-hydrogen) atoms. The molecular weight excluding hydrogens is 220 g/mol. The van der Waals surface area contributed by atoms with E-state index in [9.17, 15) is 9.59 Å². The second kappa shape index (κ2) is 5.48. The summed E-state index contributed by atoms with van der Waals surface area (Å²) in [6.07, 6.45) is 1.74. The van der Waals surface area contributed by atoms with Crippen LogP contribution in [0, 0.1) is 5.92 Å². The minimum absolute atomic E-state index is 0.112. The van der Waals surface area contributed by atoms with Crippen LogP contribution in [0.5, 0.6) is 0 Å². The van der Waals surface area contributed by atoms with E-state index in [1.54, 1.807) is 0 Å². The minimum atomic E-state index is -0.911. The smallest absolute Gasteiger partial charge is 0.429 e. The van der Waals surface area contributed by atoms with Gasteiger partial charge in [-0.25, -0.2) is 4.79 Å². The zero-order valence-corrected chi connectivity index (χ0v) is 9.43. The summed E-state index contributed by atoms with van der Waals surface area (Å²) in [5.41, 5.74) is 0.862. The lowest BCUT2D eigenvalue weighted by molar-refractivity contribution is -0.147. The van der Waals surface area contributed by atoms with Gasteiger partial charge in [0.05, 0.1) is 5.92 Å². The van der Waals surface area contributed by atoms with Crippen LogP contribution in [0.2, 0.25) is 0 Å². The van der Waals surface area contributed by atoms with E-state index in [1.165, 1.54) is 0 Å². The number of carbonyl (C=O) groups is 2. The molecule has 1 aromatic carbocycles. The van der Waals surface area contributed by atoms with Crippen molar-refractivity contribution in [3.05, 3.63) is 35.9 Å². The van der Waals surface area contributed by atoms with Crippen LogP contribution in [0.1, 0.15) is 24.8 Å². The Hall–Kier alpha value is -1.84. The van der Waals surface area contributed by atoms with Gasteiger partial charge in [-0.05, 0) is 18.4 Å². The van der Waals surface area contributed by atoms with Crippen molar-refractivity contribution in [2.24, 2.45) is 5.92 Å². The molecular formula is C13H14O4. The maximum atomic E-state index is 11.3. The van der Waals surface area contributed by atoms with E-state index < -0.39 is 12.1 Å². The van der Waals surface area contributed by atoms with Crippen LogP contribution in [-0.4, -0.2) is 12.1 Å². The van der Waals surface area contributed by atoms with Gasteiger partial charge in [-0.2, -0.15) is 0 Å². The Bertz CT molecular complexity index is 395. The normalized spacial score (nSPS) is 14.8. The first-order valence-corrected chi connectivity index (χ1v) is 5.68. The molecule has 1 aromatic rings. The third-order valence-corrected chi connectivity index (χ3v) is 2.82. The van der Waals surface area contributed by atoms with E-state index >= 15 is 0 Å². The predicted molar refractivity (Wildman–Crippen MR) is 60.1 cm³/mol. The number of rotatable bonds is 3. The SMILES string of the molecule is O=C(OCc1ccccc1)OC(=O)C1CCC1. The molecule has 0 aromatic heterocycles. The molecule has 2 rings (SSSR count). The lowest BCUT2D eigenvalue weighted by Crippen LogP contribution is -2.26. The lowest BCUT2D eigenvalue weighted by atomic mass is 9.86. The number of hydrogen-bond acceptors (Lipinski definition) is 4. The highest BCUT2D eigenvalue weighted by Crippen LogP contribution is 2.27. The Morgan fingerprint density at radius 3 is 2.47 bits per heavy atom. The molecule has 0 unspecified atom stereocenters. The van der Waals surface area contributed by atoms with Gasteiger partial charge in [-0.15, -0.1) is 0 Å². The number of hydrogen-bond donors (Lipinski definition) is 0. The van der Waals surface area contributed by atoms with Gasteiger partial charge in [-0.1, -0.05) is 36.8 Å². The molecule has 1 saturated carbocycles. The van der Waals surface area contributed by atoms with Gasteiger partial charge in [0.25, 0.3) is 0 Å². The van der Waals surface area contributed by atoms with E-state index in [1.807, 2.05) is 30.3 Å². The molecule has 0 N–H and O–H groups in total. The van der Waals surface area contributed by atoms with Gasteiger partial charge in [0.15, 0.2) is 0 Å². The highest BCUT2D eigenvalue weighted by Gasteiger charge is 2.28. The average molecular weight is 234 g/mol. The molecule has 90 valence electrons. The molecule has 4 nitrogen and oxygen atoms in total.